The summed E-state index contributed by atoms with van der Waals surface area (Å²) in [5.41, 5.74) is 2.69. The second-order valence-electron chi connectivity index (χ2n) is 4.84. The van der Waals surface area contributed by atoms with E-state index in [1.165, 1.54) is 11.3 Å². The molecule has 0 amide bonds. The van der Waals surface area contributed by atoms with Gasteiger partial charge in [-0.1, -0.05) is 0 Å². The zero-order valence-corrected chi connectivity index (χ0v) is 10.3. The van der Waals surface area contributed by atoms with Crippen LogP contribution in [0.3, 0.4) is 0 Å². The number of nitrogens with zero attached hydrogens (tertiary/aromatic N) is 2. The van der Waals surface area contributed by atoms with Crippen LogP contribution in [-0.4, -0.2) is 49.6 Å². The van der Waals surface area contributed by atoms with Gasteiger partial charge in [-0.2, -0.15) is 5.10 Å². The van der Waals surface area contributed by atoms with Gasteiger partial charge in [0.05, 0.1) is 6.10 Å². The van der Waals surface area contributed by atoms with Gasteiger partial charge in [0, 0.05) is 51.0 Å². The lowest BCUT2D eigenvalue weighted by Gasteiger charge is -2.29. The first-order chi connectivity index (χ1) is 8.38. The smallest absolute Gasteiger partial charge is 0.154 e. The molecule has 1 atom stereocenters. The fourth-order valence-corrected chi connectivity index (χ4v) is 2.79. The van der Waals surface area contributed by atoms with E-state index in [-0.39, 0.29) is 0 Å². The van der Waals surface area contributed by atoms with Gasteiger partial charge in [-0.15, -0.1) is 0 Å². The molecule has 1 aromatic rings. The van der Waals surface area contributed by atoms with Crippen LogP contribution in [0.25, 0.3) is 0 Å². The maximum Gasteiger partial charge on any atom is 0.154 e. The molecule has 94 valence electrons. The summed E-state index contributed by atoms with van der Waals surface area (Å²) in [5.74, 6) is 1.16. The molecule has 2 N–H and O–H groups in total. The Morgan fingerprint density at radius 2 is 2.18 bits per heavy atom. The lowest BCUT2D eigenvalue weighted by molar-refractivity contribution is 0.0909. The van der Waals surface area contributed by atoms with E-state index in [9.17, 15) is 0 Å². The Hall–Kier alpha value is -1.07. The molecular formula is C12H20N4O. The Bertz CT molecular complexity index is 384. The summed E-state index contributed by atoms with van der Waals surface area (Å²) in [6.45, 7) is 4.20. The lowest BCUT2D eigenvalue weighted by atomic mass is 9.94. The van der Waals surface area contributed by atoms with Gasteiger partial charge in [-0.05, 0) is 12.8 Å². The van der Waals surface area contributed by atoms with Crippen molar-refractivity contribution >= 4 is 5.82 Å². The van der Waals surface area contributed by atoms with E-state index < -0.39 is 0 Å². The predicted molar refractivity (Wildman–Crippen MR) is 66.5 cm³/mol. The summed E-state index contributed by atoms with van der Waals surface area (Å²) < 4.78 is 5.49. The Morgan fingerprint density at radius 3 is 2.94 bits per heavy atom. The highest BCUT2D eigenvalue weighted by atomic mass is 16.5. The predicted octanol–water partition coefficient (Wildman–Crippen LogP) is 0.323. The van der Waals surface area contributed by atoms with Crippen LogP contribution in [0.2, 0.25) is 0 Å². The number of fused-ring (bicyclic) bond motifs is 1. The third-order valence-electron chi connectivity index (χ3n) is 3.83. The first-order valence-corrected chi connectivity index (χ1v) is 6.43. The summed E-state index contributed by atoms with van der Waals surface area (Å²) in [4.78, 5) is 2.38. The Labute approximate surface area is 102 Å². The van der Waals surface area contributed by atoms with Gasteiger partial charge in [-0.25, -0.2) is 0 Å². The van der Waals surface area contributed by atoms with E-state index in [1.807, 2.05) is 0 Å². The minimum absolute atomic E-state index is 0.363. The molecule has 5 heteroatoms. The van der Waals surface area contributed by atoms with Crippen LogP contribution in [0, 0.1) is 0 Å². The molecule has 17 heavy (non-hydrogen) atoms. The fourth-order valence-electron chi connectivity index (χ4n) is 2.79. The first-order valence-electron chi connectivity index (χ1n) is 6.43. The highest BCUT2D eigenvalue weighted by Gasteiger charge is 2.26. The number of nitrogens with one attached hydrogen (secondary N) is 2. The Morgan fingerprint density at radius 1 is 1.35 bits per heavy atom. The Kier molecular flexibility index (Phi) is 3.03. The van der Waals surface area contributed by atoms with Crippen LogP contribution in [0.4, 0.5) is 5.82 Å². The molecule has 2 heterocycles. The molecule has 0 radical (unpaired) electrons. The van der Waals surface area contributed by atoms with Crippen molar-refractivity contribution in [2.24, 2.45) is 0 Å². The number of piperazine rings is 1. The number of aromatic nitrogens is 2. The number of H-pyrrole nitrogens is 1. The van der Waals surface area contributed by atoms with E-state index in [4.69, 9.17) is 4.74 Å². The van der Waals surface area contributed by atoms with Gasteiger partial charge in [-0.3, -0.25) is 5.10 Å². The molecule has 1 aliphatic carbocycles. The van der Waals surface area contributed by atoms with Crippen molar-refractivity contribution < 1.29 is 4.74 Å². The van der Waals surface area contributed by atoms with Crippen LogP contribution >= 0.6 is 0 Å². The topological polar surface area (TPSA) is 53.2 Å². The van der Waals surface area contributed by atoms with Gasteiger partial charge in [0.2, 0.25) is 0 Å². The molecule has 1 fully saturated rings. The average molecular weight is 236 g/mol. The molecule has 0 saturated carbocycles. The summed E-state index contributed by atoms with van der Waals surface area (Å²) >= 11 is 0. The third kappa shape index (κ3) is 2.05. The SMILES string of the molecule is COC1CCc2[nH]nc(N3CCNCC3)c2C1. The number of rotatable bonds is 2. The first kappa shape index (κ1) is 11.0. The van der Waals surface area contributed by atoms with Crippen molar-refractivity contribution in [3.8, 4) is 0 Å². The van der Waals surface area contributed by atoms with Crippen molar-refractivity contribution in [1.82, 2.24) is 15.5 Å². The molecule has 1 aromatic heterocycles. The van der Waals surface area contributed by atoms with E-state index in [0.29, 0.717) is 6.10 Å². The van der Waals surface area contributed by atoms with Crippen LogP contribution < -0.4 is 10.2 Å². The largest absolute Gasteiger partial charge is 0.381 e. The summed E-state index contributed by atoms with van der Waals surface area (Å²) in [5, 5.41) is 11.1. The monoisotopic (exact) mass is 236 g/mol. The van der Waals surface area contributed by atoms with E-state index >= 15 is 0 Å². The van der Waals surface area contributed by atoms with Crippen LogP contribution in [-0.2, 0) is 17.6 Å². The zero-order chi connectivity index (χ0) is 11.7. The van der Waals surface area contributed by atoms with Gasteiger partial charge >= 0.3 is 0 Å². The summed E-state index contributed by atoms with van der Waals surface area (Å²) in [6, 6.07) is 0. The molecule has 5 nitrogen and oxygen atoms in total. The number of anilines is 1. The number of hydrogen-bond donors (Lipinski definition) is 2. The molecule has 1 aliphatic heterocycles. The molecule has 0 aromatic carbocycles. The van der Waals surface area contributed by atoms with Gasteiger partial charge in [0.25, 0.3) is 0 Å². The molecule has 1 unspecified atom stereocenters. The van der Waals surface area contributed by atoms with Crippen LogP contribution in [0.1, 0.15) is 17.7 Å². The van der Waals surface area contributed by atoms with Crippen molar-refractivity contribution in [3.63, 3.8) is 0 Å². The number of aromatic amines is 1. The fraction of sp³-hybridized carbons (Fsp3) is 0.750. The minimum Gasteiger partial charge on any atom is -0.381 e. The second kappa shape index (κ2) is 4.66. The van der Waals surface area contributed by atoms with E-state index in [2.05, 4.69) is 20.4 Å². The molecule has 3 rings (SSSR count). The Balaban J connectivity index is 1.83. The van der Waals surface area contributed by atoms with Gasteiger partial charge < -0.3 is 15.0 Å². The number of hydrogen-bond acceptors (Lipinski definition) is 4. The van der Waals surface area contributed by atoms with Crippen molar-refractivity contribution in [3.05, 3.63) is 11.3 Å². The zero-order valence-electron chi connectivity index (χ0n) is 10.3. The van der Waals surface area contributed by atoms with E-state index in [1.54, 1.807) is 7.11 Å². The van der Waals surface area contributed by atoms with Crippen LogP contribution in [0.15, 0.2) is 0 Å². The number of aryl methyl sites for hydroxylation is 1. The summed E-state index contributed by atoms with van der Waals surface area (Å²) in [6.07, 6.45) is 3.53. The molecule has 2 aliphatic rings. The molecule has 0 bridgehead atoms. The second-order valence-corrected chi connectivity index (χ2v) is 4.84. The maximum absolute atomic E-state index is 5.49. The van der Waals surface area contributed by atoms with Gasteiger partial charge in [0.1, 0.15) is 0 Å². The highest BCUT2D eigenvalue weighted by Crippen LogP contribution is 2.29. The van der Waals surface area contributed by atoms with Crippen molar-refractivity contribution in [2.75, 3.05) is 38.2 Å². The summed E-state index contributed by atoms with van der Waals surface area (Å²) in [7, 11) is 1.81. The molecule has 0 spiro atoms. The van der Waals surface area contributed by atoms with Crippen molar-refractivity contribution in [2.45, 2.75) is 25.4 Å². The van der Waals surface area contributed by atoms with E-state index in [0.717, 1.165) is 51.3 Å². The highest BCUT2D eigenvalue weighted by molar-refractivity contribution is 5.51. The van der Waals surface area contributed by atoms with Gasteiger partial charge in [0.15, 0.2) is 5.82 Å². The van der Waals surface area contributed by atoms with Crippen LogP contribution in [0.5, 0.6) is 0 Å². The number of methoxy groups -OCH3 is 1. The number of ether oxygens (including phenoxy) is 1. The standard InChI is InChI=1S/C12H20N4O/c1-17-9-2-3-11-10(8-9)12(15-14-11)16-6-4-13-5-7-16/h9,13H,2-8H2,1H3,(H,14,15). The maximum atomic E-state index is 5.49. The lowest BCUT2D eigenvalue weighted by Crippen LogP contribution is -2.44. The normalized spacial score (nSPS) is 24.8. The minimum atomic E-state index is 0.363. The molecule has 1 saturated heterocycles. The average Bonchev–Trinajstić information content (AvgIpc) is 2.82. The van der Waals surface area contributed by atoms with Crippen molar-refractivity contribution in [1.29, 1.82) is 0 Å². The quantitative estimate of drug-likeness (QED) is 0.776. The third-order valence-corrected chi connectivity index (χ3v) is 3.83. The molecular weight excluding hydrogens is 216 g/mol.